The van der Waals surface area contributed by atoms with Gasteiger partial charge in [0.15, 0.2) is 0 Å². The maximum Gasteiger partial charge on any atom is 0.338 e. The number of hydrogen-bond donors (Lipinski definition) is 2. The lowest BCUT2D eigenvalue weighted by molar-refractivity contribution is 0.0697. The number of nitrogens with one attached hydrogen (secondary N) is 1. The van der Waals surface area contributed by atoms with E-state index in [2.05, 4.69) is 4.72 Å². The van der Waals surface area contributed by atoms with Crippen LogP contribution in [-0.4, -0.2) is 39.8 Å². The molecule has 118 valence electrons. The molecule has 1 rings (SSSR count). The summed E-state index contributed by atoms with van der Waals surface area (Å²) in [6.45, 7) is 2.33. The maximum atomic E-state index is 12.2. The van der Waals surface area contributed by atoms with Gasteiger partial charge in [-0.05, 0) is 18.1 Å². The highest BCUT2D eigenvalue weighted by Gasteiger charge is 2.24. The van der Waals surface area contributed by atoms with Crippen LogP contribution in [-0.2, 0) is 14.8 Å². The first-order valence-electron chi connectivity index (χ1n) is 5.90. The minimum atomic E-state index is -3.94. The number of benzene rings is 1. The van der Waals surface area contributed by atoms with Crippen molar-refractivity contribution in [3.8, 4) is 0 Å². The third-order valence-corrected chi connectivity index (χ3v) is 4.92. The number of carboxylic acid groups (broad SMARTS) is 1. The van der Waals surface area contributed by atoms with E-state index in [-0.39, 0.29) is 22.4 Å². The summed E-state index contributed by atoms with van der Waals surface area (Å²) in [6.07, 6.45) is 0. The van der Waals surface area contributed by atoms with E-state index < -0.39 is 26.6 Å². The predicted octanol–water partition coefficient (Wildman–Crippen LogP) is 2.25. The van der Waals surface area contributed by atoms with E-state index in [9.17, 15) is 13.2 Å². The molecule has 1 aromatic carbocycles. The van der Waals surface area contributed by atoms with Gasteiger partial charge in [-0.3, -0.25) is 0 Å². The fraction of sp³-hybridized carbons (Fsp3) is 0.417. The summed E-state index contributed by atoms with van der Waals surface area (Å²) >= 11 is 11.6. The number of rotatable bonds is 7. The summed E-state index contributed by atoms with van der Waals surface area (Å²) in [7, 11) is -2.42. The Balaban J connectivity index is 3.10. The highest BCUT2D eigenvalue weighted by atomic mass is 35.5. The van der Waals surface area contributed by atoms with Crippen LogP contribution in [0.4, 0.5) is 0 Å². The second kappa shape index (κ2) is 7.42. The van der Waals surface area contributed by atoms with E-state index in [1.807, 2.05) is 0 Å². The highest BCUT2D eigenvalue weighted by molar-refractivity contribution is 7.89. The van der Waals surface area contributed by atoms with Crippen LogP contribution in [0.5, 0.6) is 0 Å². The molecule has 0 amide bonds. The molecule has 0 saturated heterocycles. The molecule has 1 aromatic rings. The minimum absolute atomic E-state index is 0.0465. The molecular formula is C12H15Cl2NO5S. The van der Waals surface area contributed by atoms with Gasteiger partial charge in [-0.15, -0.1) is 0 Å². The van der Waals surface area contributed by atoms with Crippen LogP contribution in [0, 0.1) is 5.92 Å². The first-order chi connectivity index (χ1) is 9.70. The molecular weight excluding hydrogens is 341 g/mol. The molecule has 2 N–H and O–H groups in total. The van der Waals surface area contributed by atoms with Gasteiger partial charge in [-0.2, -0.15) is 0 Å². The molecule has 0 fully saturated rings. The molecule has 21 heavy (non-hydrogen) atoms. The number of hydrogen-bond acceptors (Lipinski definition) is 4. The first-order valence-corrected chi connectivity index (χ1v) is 8.14. The van der Waals surface area contributed by atoms with E-state index in [1.165, 1.54) is 19.2 Å². The standard InChI is InChI=1S/C12H15Cl2NO5S/c1-7(6-20-2)5-15-21(18,19)9-4-3-8(13)10(11(9)14)12(16)17/h3-4,7,15H,5-6H2,1-2H3,(H,16,17). The van der Waals surface area contributed by atoms with Crippen LogP contribution in [0.25, 0.3) is 0 Å². The van der Waals surface area contributed by atoms with Gasteiger partial charge in [0.1, 0.15) is 4.90 Å². The average Bonchev–Trinajstić information content (AvgIpc) is 2.36. The van der Waals surface area contributed by atoms with Crippen molar-refractivity contribution in [1.29, 1.82) is 0 Å². The molecule has 0 aliphatic rings. The van der Waals surface area contributed by atoms with Crippen molar-refractivity contribution in [3.05, 3.63) is 27.7 Å². The Morgan fingerprint density at radius 2 is 2.05 bits per heavy atom. The zero-order chi connectivity index (χ0) is 16.2. The Morgan fingerprint density at radius 3 is 2.57 bits per heavy atom. The van der Waals surface area contributed by atoms with Gasteiger partial charge in [0.05, 0.1) is 15.6 Å². The van der Waals surface area contributed by atoms with Crippen molar-refractivity contribution in [1.82, 2.24) is 4.72 Å². The van der Waals surface area contributed by atoms with Crippen LogP contribution in [0.15, 0.2) is 17.0 Å². The van der Waals surface area contributed by atoms with E-state index in [0.29, 0.717) is 6.61 Å². The molecule has 0 aromatic heterocycles. The average molecular weight is 356 g/mol. The fourth-order valence-corrected chi connectivity index (χ4v) is 3.69. The lowest BCUT2D eigenvalue weighted by Gasteiger charge is -2.14. The largest absolute Gasteiger partial charge is 0.478 e. The van der Waals surface area contributed by atoms with Crippen LogP contribution in [0.3, 0.4) is 0 Å². The van der Waals surface area contributed by atoms with Crippen LogP contribution in [0.2, 0.25) is 10.0 Å². The first kappa shape index (κ1) is 18.2. The SMILES string of the molecule is COCC(C)CNS(=O)(=O)c1ccc(Cl)c(C(=O)O)c1Cl. The Kier molecular flexibility index (Phi) is 6.42. The fourth-order valence-electron chi connectivity index (χ4n) is 1.61. The Hall–Kier alpha value is -0.860. The topological polar surface area (TPSA) is 92.7 Å². The Labute approximate surface area is 133 Å². The van der Waals surface area contributed by atoms with Crippen molar-refractivity contribution < 1.29 is 23.1 Å². The molecule has 1 unspecified atom stereocenters. The Morgan fingerprint density at radius 1 is 1.43 bits per heavy atom. The van der Waals surface area contributed by atoms with Gasteiger partial charge in [0, 0.05) is 20.3 Å². The number of ether oxygens (including phenoxy) is 1. The Bertz CT molecular complexity index is 633. The van der Waals surface area contributed by atoms with Gasteiger partial charge >= 0.3 is 5.97 Å². The predicted molar refractivity (Wildman–Crippen MR) is 79.6 cm³/mol. The van der Waals surface area contributed by atoms with Gasteiger partial charge in [0.25, 0.3) is 0 Å². The van der Waals surface area contributed by atoms with Crippen LogP contribution >= 0.6 is 23.2 Å². The smallest absolute Gasteiger partial charge is 0.338 e. The van der Waals surface area contributed by atoms with Crippen LogP contribution < -0.4 is 4.72 Å². The summed E-state index contributed by atoms with van der Waals surface area (Å²) < 4.78 is 31.6. The molecule has 0 spiro atoms. The molecule has 0 aliphatic carbocycles. The molecule has 0 radical (unpaired) electrons. The van der Waals surface area contributed by atoms with Gasteiger partial charge < -0.3 is 9.84 Å². The lowest BCUT2D eigenvalue weighted by atomic mass is 10.2. The minimum Gasteiger partial charge on any atom is -0.478 e. The molecule has 0 aliphatic heterocycles. The van der Waals surface area contributed by atoms with Crippen molar-refractivity contribution in [2.24, 2.45) is 5.92 Å². The number of carbonyl (C=O) groups is 1. The van der Waals surface area contributed by atoms with Crippen LogP contribution in [0.1, 0.15) is 17.3 Å². The summed E-state index contributed by atoms with van der Waals surface area (Å²) in [5.41, 5.74) is -0.439. The zero-order valence-corrected chi connectivity index (χ0v) is 13.7. The van der Waals surface area contributed by atoms with E-state index in [0.717, 1.165) is 0 Å². The molecule has 0 bridgehead atoms. The number of aromatic carboxylic acids is 1. The second-order valence-corrected chi connectivity index (χ2v) is 6.97. The monoisotopic (exact) mass is 355 g/mol. The van der Waals surface area contributed by atoms with Crippen molar-refractivity contribution in [2.75, 3.05) is 20.3 Å². The third-order valence-electron chi connectivity index (χ3n) is 2.63. The highest BCUT2D eigenvalue weighted by Crippen LogP contribution is 2.31. The van der Waals surface area contributed by atoms with Crippen molar-refractivity contribution in [2.45, 2.75) is 11.8 Å². The number of carboxylic acids is 1. The summed E-state index contributed by atoms with van der Waals surface area (Å²) in [4.78, 5) is 10.7. The lowest BCUT2D eigenvalue weighted by Crippen LogP contribution is -2.30. The molecule has 6 nitrogen and oxygen atoms in total. The number of sulfonamides is 1. The molecule has 0 saturated carbocycles. The maximum absolute atomic E-state index is 12.2. The van der Waals surface area contributed by atoms with E-state index in [1.54, 1.807) is 6.92 Å². The summed E-state index contributed by atoms with van der Waals surface area (Å²) in [5, 5.41) is 8.48. The second-order valence-electron chi connectivity index (χ2n) is 4.45. The van der Waals surface area contributed by atoms with E-state index in [4.69, 9.17) is 33.0 Å². The summed E-state index contributed by atoms with van der Waals surface area (Å²) in [5.74, 6) is -1.44. The number of methoxy groups -OCH3 is 1. The summed E-state index contributed by atoms with van der Waals surface area (Å²) in [6, 6.07) is 2.35. The number of halogens is 2. The molecule has 9 heteroatoms. The van der Waals surface area contributed by atoms with Crippen molar-refractivity contribution in [3.63, 3.8) is 0 Å². The van der Waals surface area contributed by atoms with Gasteiger partial charge in [-0.1, -0.05) is 30.1 Å². The third kappa shape index (κ3) is 4.55. The normalized spacial score (nSPS) is 13.1. The molecule has 1 atom stereocenters. The van der Waals surface area contributed by atoms with E-state index >= 15 is 0 Å². The molecule has 0 heterocycles. The zero-order valence-electron chi connectivity index (χ0n) is 11.4. The van der Waals surface area contributed by atoms with Gasteiger partial charge in [0.2, 0.25) is 10.0 Å². The van der Waals surface area contributed by atoms with Crippen molar-refractivity contribution >= 4 is 39.2 Å². The van der Waals surface area contributed by atoms with Gasteiger partial charge in [-0.25, -0.2) is 17.9 Å². The quantitative estimate of drug-likeness (QED) is 0.782.